The standard InChI is InChI=1S/C15H19NO/c1-12(14-9-3-2-4-10-14)16-15(17)11-13-7-5-6-8-13/h2-5,7,9-10,12-13H,6,8,11H2,1H3,(H,16,17). The van der Waals surface area contributed by atoms with Crippen molar-refractivity contribution in [3.63, 3.8) is 0 Å². The van der Waals surface area contributed by atoms with Gasteiger partial charge in [0.05, 0.1) is 6.04 Å². The number of rotatable bonds is 4. The van der Waals surface area contributed by atoms with Gasteiger partial charge < -0.3 is 5.32 Å². The average Bonchev–Trinajstić information content (AvgIpc) is 2.82. The highest BCUT2D eigenvalue weighted by molar-refractivity contribution is 5.77. The van der Waals surface area contributed by atoms with Crippen LogP contribution >= 0.6 is 0 Å². The molecule has 0 aliphatic heterocycles. The summed E-state index contributed by atoms with van der Waals surface area (Å²) in [5.41, 5.74) is 1.16. The number of carbonyl (C=O) groups is 1. The summed E-state index contributed by atoms with van der Waals surface area (Å²) in [5, 5.41) is 3.05. The van der Waals surface area contributed by atoms with E-state index in [2.05, 4.69) is 17.5 Å². The van der Waals surface area contributed by atoms with E-state index in [0.717, 1.165) is 18.4 Å². The third-order valence-electron chi connectivity index (χ3n) is 3.24. The quantitative estimate of drug-likeness (QED) is 0.789. The molecule has 0 saturated carbocycles. The Labute approximate surface area is 103 Å². The van der Waals surface area contributed by atoms with Crippen molar-refractivity contribution in [2.45, 2.75) is 32.2 Å². The summed E-state index contributed by atoms with van der Waals surface area (Å²) in [7, 11) is 0. The Kier molecular flexibility index (Phi) is 3.97. The summed E-state index contributed by atoms with van der Waals surface area (Å²) in [6.45, 7) is 2.03. The van der Waals surface area contributed by atoms with Crippen LogP contribution in [0.4, 0.5) is 0 Å². The normalized spacial score (nSPS) is 20.2. The van der Waals surface area contributed by atoms with Crippen molar-refractivity contribution >= 4 is 5.91 Å². The Morgan fingerprint density at radius 3 is 2.82 bits per heavy atom. The molecule has 2 rings (SSSR count). The molecular formula is C15H19NO. The van der Waals surface area contributed by atoms with Gasteiger partial charge in [-0.15, -0.1) is 0 Å². The predicted octanol–water partition coefficient (Wildman–Crippen LogP) is 3.22. The van der Waals surface area contributed by atoms with Crippen LogP contribution in [0, 0.1) is 5.92 Å². The molecule has 1 amide bonds. The van der Waals surface area contributed by atoms with Crippen LogP contribution in [0.3, 0.4) is 0 Å². The molecule has 0 spiro atoms. The zero-order valence-electron chi connectivity index (χ0n) is 10.2. The Bertz CT molecular complexity index is 397. The molecule has 17 heavy (non-hydrogen) atoms. The van der Waals surface area contributed by atoms with Gasteiger partial charge in [0.25, 0.3) is 0 Å². The van der Waals surface area contributed by atoms with E-state index in [1.165, 1.54) is 0 Å². The van der Waals surface area contributed by atoms with Crippen LogP contribution in [0.15, 0.2) is 42.5 Å². The van der Waals surface area contributed by atoms with E-state index < -0.39 is 0 Å². The van der Waals surface area contributed by atoms with Gasteiger partial charge in [-0.1, -0.05) is 42.5 Å². The summed E-state index contributed by atoms with van der Waals surface area (Å²) in [6, 6.07) is 10.2. The molecule has 0 radical (unpaired) electrons. The topological polar surface area (TPSA) is 29.1 Å². The van der Waals surface area contributed by atoms with Gasteiger partial charge >= 0.3 is 0 Å². The molecule has 1 aromatic rings. The molecule has 1 N–H and O–H groups in total. The van der Waals surface area contributed by atoms with Crippen LogP contribution < -0.4 is 5.32 Å². The molecule has 2 atom stereocenters. The van der Waals surface area contributed by atoms with Gasteiger partial charge in [-0.3, -0.25) is 4.79 Å². The first-order valence-corrected chi connectivity index (χ1v) is 6.26. The Hall–Kier alpha value is -1.57. The van der Waals surface area contributed by atoms with E-state index in [-0.39, 0.29) is 11.9 Å². The van der Waals surface area contributed by atoms with Crippen molar-refractivity contribution in [3.05, 3.63) is 48.0 Å². The molecule has 1 aromatic carbocycles. The molecular weight excluding hydrogens is 210 g/mol. The lowest BCUT2D eigenvalue weighted by molar-refractivity contribution is -0.122. The number of carbonyl (C=O) groups excluding carboxylic acids is 1. The van der Waals surface area contributed by atoms with Gasteiger partial charge in [0.15, 0.2) is 0 Å². The van der Waals surface area contributed by atoms with Gasteiger partial charge in [0.1, 0.15) is 0 Å². The predicted molar refractivity (Wildman–Crippen MR) is 69.5 cm³/mol. The van der Waals surface area contributed by atoms with Crippen LogP contribution in [-0.4, -0.2) is 5.91 Å². The number of hydrogen-bond donors (Lipinski definition) is 1. The maximum Gasteiger partial charge on any atom is 0.221 e. The average molecular weight is 229 g/mol. The molecule has 2 nitrogen and oxygen atoms in total. The molecule has 2 heteroatoms. The minimum Gasteiger partial charge on any atom is -0.350 e. The first kappa shape index (κ1) is 11.9. The molecule has 0 fully saturated rings. The fraction of sp³-hybridized carbons (Fsp3) is 0.400. The van der Waals surface area contributed by atoms with Crippen molar-refractivity contribution in [1.29, 1.82) is 0 Å². The number of benzene rings is 1. The van der Waals surface area contributed by atoms with E-state index in [1.807, 2.05) is 37.3 Å². The van der Waals surface area contributed by atoms with Gasteiger partial charge in [-0.2, -0.15) is 0 Å². The molecule has 0 heterocycles. The van der Waals surface area contributed by atoms with Crippen LogP contribution in [0.1, 0.15) is 37.8 Å². The first-order valence-electron chi connectivity index (χ1n) is 6.26. The summed E-state index contributed by atoms with van der Waals surface area (Å²) >= 11 is 0. The summed E-state index contributed by atoms with van der Waals surface area (Å²) in [6.07, 6.45) is 7.18. The Morgan fingerprint density at radius 1 is 1.41 bits per heavy atom. The molecule has 1 aliphatic rings. The highest BCUT2D eigenvalue weighted by atomic mass is 16.1. The fourth-order valence-corrected chi connectivity index (χ4v) is 2.23. The second-order valence-corrected chi connectivity index (χ2v) is 4.67. The first-order chi connectivity index (χ1) is 8.25. The Balaban J connectivity index is 1.84. The number of nitrogens with one attached hydrogen (secondary N) is 1. The van der Waals surface area contributed by atoms with Gasteiger partial charge in [-0.25, -0.2) is 0 Å². The van der Waals surface area contributed by atoms with E-state index >= 15 is 0 Å². The van der Waals surface area contributed by atoms with Crippen LogP contribution in [0.2, 0.25) is 0 Å². The lowest BCUT2D eigenvalue weighted by Gasteiger charge is -2.15. The maximum atomic E-state index is 11.8. The molecule has 2 unspecified atom stereocenters. The van der Waals surface area contributed by atoms with Crippen molar-refractivity contribution in [2.24, 2.45) is 5.92 Å². The minimum absolute atomic E-state index is 0.0917. The van der Waals surface area contributed by atoms with E-state index in [4.69, 9.17) is 0 Å². The lowest BCUT2D eigenvalue weighted by Crippen LogP contribution is -2.27. The second kappa shape index (κ2) is 5.67. The number of amides is 1. The van der Waals surface area contributed by atoms with Crippen molar-refractivity contribution in [3.8, 4) is 0 Å². The molecule has 90 valence electrons. The van der Waals surface area contributed by atoms with Crippen molar-refractivity contribution in [1.82, 2.24) is 5.32 Å². The number of hydrogen-bond acceptors (Lipinski definition) is 1. The SMILES string of the molecule is CC(NC(=O)CC1C=CCC1)c1ccccc1. The minimum atomic E-state index is 0.0917. The molecule has 1 aliphatic carbocycles. The maximum absolute atomic E-state index is 11.8. The third-order valence-corrected chi connectivity index (χ3v) is 3.24. The summed E-state index contributed by atoms with van der Waals surface area (Å²) in [5.74, 6) is 0.593. The Morgan fingerprint density at radius 2 is 2.18 bits per heavy atom. The third kappa shape index (κ3) is 3.45. The summed E-state index contributed by atoms with van der Waals surface area (Å²) in [4.78, 5) is 11.8. The highest BCUT2D eigenvalue weighted by Gasteiger charge is 2.15. The van der Waals surface area contributed by atoms with Crippen LogP contribution in [0.25, 0.3) is 0 Å². The van der Waals surface area contributed by atoms with Crippen LogP contribution in [-0.2, 0) is 4.79 Å². The largest absolute Gasteiger partial charge is 0.350 e. The van der Waals surface area contributed by atoms with Gasteiger partial charge in [-0.05, 0) is 31.2 Å². The highest BCUT2D eigenvalue weighted by Crippen LogP contribution is 2.20. The summed E-state index contributed by atoms with van der Waals surface area (Å²) < 4.78 is 0. The smallest absolute Gasteiger partial charge is 0.221 e. The van der Waals surface area contributed by atoms with Crippen molar-refractivity contribution in [2.75, 3.05) is 0 Å². The fourth-order valence-electron chi connectivity index (χ4n) is 2.23. The second-order valence-electron chi connectivity index (χ2n) is 4.67. The van der Waals surface area contributed by atoms with E-state index in [0.29, 0.717) is 12.3 Å². The van der Waals surface area contributed by atoms with E-state index in [1.54, 1.807) is 0 Å². The van der Waals surface area contributed by atoms with Gasteiger partial charge in [0, 0.05) is 6.42 Å². The lowest BCUT2D eigenvalue weighted by atomic mass is 10.0. The molecule has 0 bridgehead atoms. The molecule has 0 aromatic heterocycles. The zero-order valence-corrected chi connectivity index (χ0v) is 10.2. The van der Waals surface area contributed by atoms with Gasteiger partial charge in [0.2, 0.25) is 5.91 Å². The number of allylic oxidation sites excluding steroid dienone is 2. The zero-order chi connectivity index (χ0) is 12.1. The molecule has 0 saturated heterocycles. The monoisotopic (exact) mass is 229 g/mol. The van der Waals surface area contributed by atoms with Crippen molar-refractivity contribution < 1.29 is 4.79 Å². The van der Waals surface area contributed by atoms with E-state index in [9.17, 15) is 4.79 Å². The van der Waals surface area contributed by atoms with Crippen LogP contribution in [0.5, 0.6) is 0 Å².